The molecule has 9 heteroatoms. The Bertz CT molecular complexity index is 1270. The van der Waals surface area contributed by atoms with E-state index in [0.717, 1.165) is 11.1 Å². The van der Waals surface area contributed by atoms with Gasteiger partial charge in [0.2, 0.25) is 5.91 Å². The van der Waals surface area contributed by atoms with Gasteiger partial charge in [0.15, 0.2) is 5.82 Å². The summed E-state index contributed by atoms with van der Waals surface area (Å²) in [6, 6.07) is 4.78. The number of phenolic OH excluding ortho intramolecular Hbond substituents is 1. The first-order chi connectivity index (χ1) is 15.7. The van der Waals surface area contributed by atoms with Crippen LogP contribution in [0.4, 0.5) is 10.2 Å². The fourth-order valence-corrected chi connectivity index (χ4v) is 4.40. The molecular weight excluding hydrogens is 447 g/mol. The van der Waals surface area contributed by atoms with E-state index in [1.54, 1.807) is 17.0 Å². The lowest BCUT2D eigenvalue weighted by molar-refractivity contribution is -0.126. The van der Waals surface area contributed by atoms with E-state index in [-0.39, 0.29) is 33.8 Å². The van der Waals surface area contributed by atoms with E-state index < -0.39 is 5.82 Å². The van der Waals surface area contributed by atoms with E-state index in [9.17, 15) is 9.90 Å². The minimum atomic E-state index is -0.618. The zero-order valence-corrected chi connectivity index (χ0v) is 19.4. The van der Waals surface area contributed by atoms with Crippen molar-refractivity contribution in [3.05, 3.63) is 52.8 Å². The molecule has 0 bridgehead atoms. The maximum Gasteiger partial charge on any atom is 0.318 e. The van der Waals surface area contributed by atoms with Gasteiger partial charge in [0.05, 0.1) is 12.1 Å². The number of aryl methyl sites for hydroxylation is 1. The molecule has 1 amide bonds. The number of benzene rings is 2. The van der Waals surface area contributed by atoms with E-state index >= 15 is 4.39 Å². The first-order valence-corrected chi connectivity index (χ1v) is 10.8. The average molecular weight is 471 g/mol. The largest absolute Gasteiger partial charge is 0.508 e. The molecule has 7 nitrogen and oxygen atoms in total. The number of halogens is 2. The van der Waals surface area contributed by atoms with Gasteiger partial charge in [0.1, 0.15) is 17.1 Å². The number of hydrogen-bond acceptors (Lipinski definition) is 6. The summed E-state index contributed by atoms with van der Waals surface area (Å²) in [5.74, 6) is -0.237. The number of methoxy groups -OCH3 is 1. The number of nitrogens with zero attached hydrogens (tertiary/aromatic N) is 4. The van der Waals surface area contributed by atoms with Crippen LogP contribution in [0.1, 0.15) is 11.1 Å². The zero-order valence-electron chi connectivity index (χ0n) is 18.7. The van der Waals surface area contributed by atoms with Crippen LogP contribution in [-0.4, -0.2) is 59.2 Å². The summed E-state index contributed by atoms with van der Waals surface area (Å²) in [7, 11) is 1.42. The molecule has 0 unspecified atom stereocenters. The summed E-state index contributed by atoms with van der Waals surface area (Å²) in [4.78, 5) is 24.3. The molecule has 1 aliphatic rings. The highest BCUT2D eigenvalue weighted by Crippen LogP contribution is 2.41. The molecule has 2 aromatic carbocycles. The lowest BCUT2D eigenvalue weighted by Gasteiger charge is -2.35. The number of phenols is 1. The topological polar surface area (TPSA) is 78.8 Å². The number of carbonyl (C=O) groups is 1. The third kappa shape index (κ3) is 4.06. The maximum atomic E-state index is 15.9. The smallest absolute Gasteiger partial charge is 0.318 e. The summed E-state index contributed by atoms with van der Waals surface area (Å²) in [5.41, 5.74) is 2.34. The standard InChI is InChI=1S/C24H24ClFN4O3/c1-5-19(32)29-6-8-30(9-7-29)23-17-12-18(25)20(16-11-15(31)10-13(2)14(16)3)21(26)22(17)27-24(28-23)33-4/h5,10-12,31H,1,6-9H2,2-4H3. The van der Waals surface area contributed by atoms with Crippen LogP contribution < -0.4 is 9.64 Å². The van der Waals surface area contributed by atoms with Crippen LogP contribution in [0.5, 0.6) is 11.8 Å². The van der Waals surface area contributed by atoms with Crippen molar-refractivity contribution in [2.45, 2.75) is 13.8 Å². The molecule has 0 atom stereocenters. The number of ether oxygens (including phenoxy) is 1. The van der Waals surface area contributed by atoms with Crippen LogP contribution >= 0.6 is 11.6 Å². The quantitative estimate of drug-likeness (QED) is 0.574. The van der Waals surface area contributed by atoms with Gasteiger partial charge >= 0.3 is 6.01 Å². The molecule has 0 radical (unpaired) electrons. The summed E-state index contributed by atoms with van der Waals surface area (Å²) >= 11 is 6.60. The predicted molar refractivity (Wildman–Crippen MR) is 127 cm³/mol. The first-order valence-electron chi connectivity index (χ1n) is 10.5. The van der Waals surface area contributed by atoms with E-state index in [2.05, 4.69) is 16.5 Å². The van der Waals surface area contributed by atoms with E-state index in [4.69, 9.17) is 16.3 Å². The molecule has 1 N–H and O–H groups in total. The van der Waals surface area contributed by atoms with E-state index in [1.165, 1.54) is 19.3 Å². The average Bonchev–Trinajstić information content (AvgIpc) is 2.81. The second-order valence-electron chi connectivity index (χ2n) is 7.93. The Morgan fingerprint density at radius 3 is 2.55 bits per heavy atom. The number of aromatic nitrogens is 2. The number of rotatable bonds is 4. The molecule has 3 aromatic rings. The van der Waals surface area contributed by atoms with Gasteiger partial charge in [-0.15, -0.1) is 0 Å². The predicted octanol–water partition coefficient (Wildman–Crippen LogP) is 4.25. The molecule has 1 aromatic heterocycles. The van der Waals surface area contributed by atoms with Crippen molar-refractivity contribution in [1.29, 1.82) is 0 Å². The van der Waals surface area contributed by atoms with Gasteiger partial charge in [-0.3, -0.25) is 4.79 Å². The van der Waals surface area contributed by atoms with Crippen molar-refractivity contribution in [3.63, 3.8) is 0 Å². The molecule has 4 rings (SSSR count). The molecule has 33 heavy (non-hydrogen) atoms. The molecular formula is C24H24ClFN4O3. The third-order valence-corrected chi connectivity index (χ3v) is 6.31. The molecule has 0 aliphatic carbocycles. The van der Waals surface area contributed by atoms with Crippen molar-refractivity contribution < 1.29 is 19.0 Å². The van der Waals surface area contributed by atoms with E-state index in [0.29, 0.717) is 42.9 Å². The summed E-state index contributed by atoms with van der Waals surface area (Å²) in [5, 5.41) is 10.7. The first kappa shape index (κ1) is 22.8. The zero-order chi connectivity index (χ0) is 23.9. The Labute approximate surface area is 196 Å². The second kappa shape index (κ2) is 8.86. The number of amides is 1. The van der Waals surface area contributed by atoms with Gasteiger partial charge < -0.3 is 19.6 Å². The van der Waals surface area contributed by atoms with Gasteiger partial charge in [-0.05, 0) is 54.8 Å². The molecule has 172 valence electrons. The third-order valence-electron chi connectivity index (χ3n) is 6.01. The maximum absolute atomic E-state index is 15.9. The Morgan fingerprint density at radius 1 is 1.21 bits per heavy atom. The fourth-order valence-electron chi connectivity index (χ4n) is 4.11. The van der Waals surface area contributed by atoms with Gasteiger partial charge in [0, 0.05) is 37.1 Å². The van der Waals surface area contributed by atoms with Crippen LogP contribution in [0.2, 0.25) is 5.02 Å². The fraction of sp³-hybridized carbons (Fsp3) is 0.292. The molecule has 1 saturated heterocycles. The van der Waals surface area contributed by atoms with Crippen LogP contribution in [0.15, 0.2) is 30.9 Å². The van der Waals surface area contributed by atoms with Crippen LogP contribution in [0.3, 0.4) is 0 Å². The SMILES string of the molecule is C=CC(=O)N1CCN(c2nc(OC)nc3c(F)c(-c4cc(O)cc(C)c4C)c(Cl)cc23)CC1. The number of aromatic hydroxyl groups is 1. The number of fused-ring (bicyclic) bond motifs is 1. The van der Waals surface area contributed by atoms with Crippen molar-refractivity contribution in [2.24, 2.45) is 0 Å². The van der Waals surface area contributed by atoms with Crippen molar-refractivity contribution >= 4 is 34.2 Å². The van der Waals surface area contributed by atoms with Crippen molar-refractivity contribution in [3.8, 4) is 22.9 Å². The van der Waals surface area contributed by atoms with E-state index in [1.807, 2.05) is 18.7 Å². The number of piperazine rings is 1. The van der Waals surface area contributed by atoms with Gasteiger partial charge in [-0.1, -0.05) is 18.2 Å². The summed E-state index contributed by atoms with van der Waals surface area (Å²) < 4.78 is 21.2. The van der Waals surface area contributed by atoms with Crippen LogP contribution in [0.25, 0.3) is 22.0 Å². The number of anilines is 1. The molecule has 0 spiro atoms. The monoisotopic (exact) mass is 470 g/mol. The highest BCUT2D eigenvalue weighted by Gasteiger charge is 2.26. The Balaban J connectivity index is 1.87. The molecule has 1 fully saturated rings. The van der Waals surface area contributed by atoms with Crippen molar-refractivity contribution in [1.82, 2.24) is 14.9 Å². The van der Waals surface area contributed by atoms with Gasteiger partial charge in [0.25, 0.3) is 0 Å². The highest BCUT2D eigenvalue weighted by atomic mass is 35.5. The number of hydrogen-bond donors (Lipinski definition) is 1. The molecule has 1 aliphatic heterocycles. The Morgan fingerprint density at radius 2 is 1.91 bits per heavy atom. The lowest BCUT2D eigenvalue weighted by Crippen LogP contribution is -2.48. The lowest BCUT2D eigenvalue weighted by atomic mass is 9.95. The normalized spacial score (nSPS) is 14.0. The summed E-state index contributed by atoms with van der Waals surface area (Å²) in [6.45, 7) is 9.18. The minimum absolute atomic E-state index is 0.0246. The minimum Gasteiger partial charge on any atom is -0.508 e. The summed E-state index contributed by atoms with van der Waals surface area (Å²) in [6.07, 6.45) is 1.29. The van der Waals surface area contributed by atoms with Gasteiger partial charge in [-0.25, -0.2) is 4.39 Å². The van der Waals surface area contributed by atoms with Crippen LogP contribution in [0, 0.1) is 19.7 Å². The van der Waals surface area contributed by atoms with Crippen molar-refractivity contribution in [2.75, 3.05) is 38.2 Å². The van der Waals surface area contributed by atoms with Crippen LogP contribution in [-0.2, 0) is 4.79 Å². The Kier molecular flexibility index (Phi) is 6.12. The highest BCUT2D eigenvalue weighted by molar-refractivity contribution is 6.34. The van der Waals surface area contributed by atoms with Gasteiger partial charge in [-0.2, -0.15) is 9.97 Å². The molecule has 2 heterocycles. The number of carbonyl (C=O) groups excluding carboxylic acids is 1. The second-order valence-corrected chi connectivity index (χ2v) is 8.34. The molecule has 0 saturated carbocycles. The Hall–Kier alpha value is -3.39.